The summed E-state index contributed by atoms with van der Waals surface area (Å²) in [5.41, 5.74) is 0.854. The largest absolute Gasteiger partial charge is 0.305 e. The lowest BCUT2D eigenvalue weighted by molar-refractivity contribution is -0.121. The number of aryl methyl sites for hydroxylation is 1. The van der Waals surface area contributed by atoms with E-state index in [4.69, 9.17) is 0 Å². The third kappa shape index (κ3) is 1.82. The van der Waals surface area contributed by atoms with Crippen molar-refractivity contribution in [1.82, 2.24) is 20.3 Å². The third-order valence-electron chi connectivity index (χ3n) is 2.43. The zero-order valence-electron chi connectivity index (χ0n) is 8.40. The number of piperidine rings is 1. The van der Waals surface area contributed by atoms with Crippen LogP contribution in [0.1, 0.15) is 31.5 Å². The molecule has 1 aromatic rings. The van der Waals surface area contributed by atoms with E-state index in [0.29, 0.717) is 18.6 Å². The number of aromatic nitrogens is 3. The third-order valence-corrected chi connectivity index (χ3v) is 2.43. The highest BCUT2D eigenvalue weighted by molar-refractivity contribution is 5.80. The fraction of sp³-hybridized carbons (Fsp3) is 0.667. The van der Waals surface area contributed by atoms with Gasteiger partial charge in [-0.2, -0.15) is 0 Å². The van der Waals surface area contributed by atoms with E-state index in [1.165, 1.54) is 0 Å². The maximum Gasteiger partial charge on any atom is 0.136 e. The standard InChI is InChI=1S/C9H14N4O/c1-6-3-7(14)4-8(10-6)9-5-13(2)12-11-9/h5-6,8,10H,3-4H2,1-2H3/t6?,8-/m0/s1. The Kier molecular flexibility index (Phi) is 2.33. The van der Waals surface area contributed by atoms with Crippen molar-refractivity contribution in [2.24, 2.45) is 7.05 Å². The number of Topliss-reactive ketones (excluding diaryl/α,β-unsaturated/α-hetero) is 1. The molecule has 1 saturated heterocycles. The molecule has 0 radical (unpaired) electrons. The summed E-state index contributed by atoms with van der Waals surface area (Å²) < 4.78 is 1.65. The highest BCUT2D eigenvalue weighted by atomic mass is 16.1. The predicted molar refractivity (Wildman–Crippen MR) is 50.6 cm³/mol. The van der Waals surface area contributed by atoms with Crippen LogP contribution >= 0.6 is 0 Å². The van der Waals surface area contributed by atoms with Gasteiger partial charge in [0.25, 0.3) is 0 Å². The molecule has 2 atom stereocenters. The first-order valence-electron chi connectivity index (χ1n) is 4.79. The van der Waals surface area contributed by atoms with Gasteiger partial charge >= 0.3 is 0 Å². The minimum Gasteiger partial charge on any atom is -0.305 e. The number of hydrogen-bond acceptors (Lipinski definition) is 4. The van der Waals surface area contributed by atoms with E-state index in [1.807, 2.05) is 20.2 Å². The molecule has 14 heavy (non-hydrogen) atoms. The van der Waals surface area contributed by atoms with E-state index in [-0.39, 0.29) is 12.1 Å². The smallest absolute Gasteiger partial charge is 0.136 e. The lowest BCUT2D eigenvalue weighted by atomic mass is 9.97. The number of nitrogens with one attached hydrogen (secondary N) is 1. The average molecular weight is 194 g/mol. The van der Waals surface area contributed by atoms with Crippen LogP contribution in [0.2, 0.25) is 0 Å². The molecular formula is C9H14N4O. The Bertz CT molecular complexity index is 346. The summed E-state index contributed by atoms with van der Waals surface area (Å²) in [7, 11) is 1.82. The topological polar surface area (TPSA) is 59.8 Å². The van der Waals surface area contributed by atoms with E-state index >= 15 is 0 Å². The normalized spacial score (nSPS) is 28.0. The van der Waals surface area contributed by atoms with E-state index < -0.39 is 0 Å². The molecule has 1 aliphatic rings. The Balaban J connectivity index is 2.14. The van der Waals surface area contributed by atoms with Gasteiger partial charge in [-0.3, -0.25) is 9.48 Å². The van der Waals surface area contributed by atoms with E-state index in [9.17, 15) is 4.79 Å². The summed E-state index contributed by atoms with van der Waals surface area (Å²) >= 11 is 0. The molecule has 2 heterocycles. The van der Waals surface area contributed by atoms with Crippen LogP contribution < -0.4 is 5.32 Å². The number of nitrogens with zero attached hydrogens (tertiary/aromatic N) is 3. The Hall–Kier alpha value is -1.23. The molecule has 5 nitrogen and oxygen atoms in total. The van der Waals surface area contributed by atoms with Crippen LogP contribution in [0.4, 0.5) is 0 Å². The van der Waals surface area contributed by atoms with Gasteiger partial charge in [-0.25, -0.2) is 0 Å². The van der Waals surface area contributed by atoms with E-state index in [0.717, 1.165) is 5.69 Å². The average Bonchev–Trinajstić information content (AvgIpc) is 2.50. The molecule has 0 saturated carbocycles. The first kappa shape index (κ1) is 9.33. The minimum absolute atomic E-state index is 0.0416. The first-order valence-corrected chi connectivity index (χ1v) is 4.79. The summed E-state index contributed by atoms with van der Waals surface area (Å²) in [6.07, 6.45) is 3.00. The van der Waals surface area contributed by atoms with Crippen LogP contribution in [0.3, 0.4) is 0 Å². The molecule has 1 fully saturated rings. The fourth-order valence-corrected chi connectivity index (χ4v) is 1.83. The van der Waals surface area contributed by atoms with Crippen LogP contribution in [0.25, 0.3) is 0 Å². The number of rotatable bonds is 1. The van der Waals surface area contributed by atoms with Gasteiger partial charge in [0.15, 0.2) is 0 Å². The van der Waals surface area contributed by atoms with Crippen molar-refractivity contribution in [1.29, 1.82) is 0 Å². The minimum atomic E-state index is 0.0416. The Morgan fingerprint density at radius 2 is 2.36 bits per heavy atom. The molecule has 76 valence electrons. The molecule has 0 bridgehead atoms. The fourth-order valence-electron chi connectivity index (χ4n) is 1.83. The lowest BCUT2D eigenvalue weighted by Crippen LogP contribution is -2.39. The van der Waals surface area contributed by atoms with Crippen LogP contribution in [0.15, 0.2) is 6.20 Å². The maximum atomic E-state index is 11.4. The number of carbonyl (C=O) groups excluding carboxylic acids is 1. The van der Waals surface area contributed by atoms with Crippen molar-refractivity contribution in [3.8, 4) is 0 Å². The summed E-state index contributed by atoms with van der Waals surface area (Å²) in [6.45, 7) is 2.01. The van der Waals surface area contributed by atoms with Crippen LogP contribution in [0.5, 0.6) is 0 Å². The van der Waals surface area contributed by atoms with Gasteiger partial charge in [0.1, 0.15) is 11.5 Å². The van der Waals surface area contributed by atoms with Gasteiger partial charge in [-0.1, -0.05) is 5.21 Å². The molecule has 0 aromatic carbocycles. The van der Waals surface area contributed by atoms with Gasteiger partial charge in [-0.15, -0.1) is 5.10 Å². The summed E-state index contributed by atoms with van der Waals surface area (Å²) in [5, 5.41) is 11.2. The zero-order valence-corrected chi connectivity index (χ0v) is 8.40. The van der Waals surface area contributed by atoms with E-state index in [1.54, 1.807) is 4.68 Å². The first-order chi connectivity index (χ1) is 6.65. The quantitative estimate of drug-likeness (QED) is 0.693. The van der Waals surface area contributed by atoms with Gasteiger partial charge in [0.05, 0.1) is 6.04 Å². The summed E-state index contributed by atoms with van der Waals surface area (Å²) in [4.78, 5) is 11.4. The molecule has 1 N–H and O–H groups in total. The lowest BCUT2D eigenvalue weighted by Gasteiger charge is -2.26. The summed E-state index contributed by atoms with van der Waals surface area (Å²) in [5.74, 6) is 0.298. The number of hydrogen-bond donors (Lipinski definition) is 1. The monoisotopic (exact) mass is 194 g/mol. The molecule has 1 aliphatic heterocycles. The van der Waals surface area contributed by atoms with Crippen LogP contribution in [0, 0.1) is 0 Å². The Labute approximate surface area is 82.5 Å². The number of ketones is 1. The molecule has 0 amide bonds. The van der Waals surface area contributed by atoms with Gasteiger partial charge in [0, 0.05) is 32.1 Å². The molecule has 0 aliphatic carbocycles. The van der Waals surface area contributed by atoms with Crippen molar-refractivity contribution in [3.05, 3.63) is 11.9 Å². The molecule has 0 spiro atoms. The second-order valence-corrected chi connectivity index (χ2v) is 3.88. The second-order valence-electron chi connectivity index (χ2n) is 3.88. The van der Waals surface area contributed by atoms with Gasteiger partial charge < -0.3 is 5.32 Å². The van der Waals surface area contributed by atoms with Gasteiger partial charge in [0.2, 0.25) is 0 Å². The van der Waals surface area contributed by atoms with Crippen molar-refractivity contribution in [2.75, 3.05) is 0 Å². The highest BCUT2D eigenvalue weighted by Gasteiger charge is 2.26. The van der Waals surface area contributed by atoms with Crippen molar-refractivity contribution in [2.45, 2.75) is 31.8 Å². The highest BCUT2D eigenvalue weighted by Crippen LogP contribution is 2.21. The molecule has 2 rings (SSSR count). The Morgan fingerprint density at radius 3 is 2.93 bits per heavy atom. The summed E-state index contributed by atoms with van der Waals surface area (Å²) in [6, 6.07) is 0.281. The van der Waals surface area contributed by atoms with Crippen molar-refractivity contribution in [3.63, 3.8) is 0 Å². The van der Waals surface area contributed by atoms with E-state index in [2.05, 4.69) is 15.6 Å². The predicted octanol–water partition coefficient (Wildman–Crippen LogP) is 0.197. The SMILES string of the molecule is CC1CC(=O)C[C@@H](c2cn(C)nn2)N1. The zero-order chi connectivity index (χ0) is 10.1. The molecule has 5 heteroatoms. The van der Waals surface area contributed by atoms with Crippen LogP contribution in [-0.4, -0.2) is 26.8 Å². The second kappa shape index (κ2) is 3.49. The van der Waals surface area contributed by atoms with Crippen LogP contribution in [-0.2, 0) is 11.8 Å². The van der Waals surface area contributed by atoms with Crippen molar-refractivity contribution < 1.29 is 4.79 Å². The number of carbonyl (C=O) groups is 1. The molecule has 1 aromatic heterocycles. The molecule has 1 unspecified atom stereocenters. The van der Waals surface area contributed by atoms with Crippen molar-refractivity contribution >= 4 is 5.78 Å². The van der Waals surface area contributed by atoms with Gasteiger partial charge in [-0.05, 0) is 6.92 Å². The Morgan fingerprint density at radius 1 is 1.57 bits per heavy atom. The maximum absolute atomic E-state index is 11.4. The molecular weight excluding hydrogens is 180 g/mol.